The molecular weight excluding hydrogens is 941 g/mol. The molecule has 4 aromatic carbocycles. The summed E-state index contributed by atoms with van der Waals surface area (Å²) < 4.78 is 52.8. The quantitative estimate of drug-likeness (QED) is 0.122. The van der Waals surface area contributed by atoms with E-state index in [0.29, 0.717) is 58.2 Å². The summed E-state index contributed by atoms with van der Waals surface area (Å²) in [5.41, 5.74) is 3.25. The molecule has 2 spiro atoms. The fourth-order valence-electron chi connectivity index (χ4n) is 8.56. The second-order valence-corrected chi connectivity index (χ2v) is 17.9. The predicted octanol–water partition coefficient (Wildman–Crippen LogP) is 11.3. The Hall–Kier alpha value is -4.67. The summed E-state index contributed by atoms with van der Waals surface area (Å²) in [6.45, 7) is 0. The van der Waals surface area contributed by atoms with Crippen LogP contribution in [0.3, 0.4) is 0 Å². The smallest absolute Gasteiger partial charge is 0.357 e. The van der Waals surface area contributed by atoms with Crippen LogP contribution in [0.15, 0.2) is 96.4 Å². The van der Waals surface area contributed by atoms with Crippen molar-refractivity contribution in [1.29, 1.82) is 0 Å². The van der Waals surface area contributed by atoms with Crippen LogP contribution >= 0.6 is 59.2 Å². The second kappa shape index (κ2) is 21.8. The molecule has 65 heavy (non-hydrogen) atoms. The molecule has 0 saturated heterocycles. The van der Waals surface area contributed by atoms with Crippen LogP contribution in [-0.2, 0) is 33.3 Å². The minimum atomic E-state index is -0.753. The van der Waals surface area contributed by atoms with Crippen molar-refractivity contribution < 1.29 is 47.2 Å². The molecule has 17 heteroatoms. The second-order valence-electron chi connectivity index (χ2n) is 15.8. The molecule has 0 bridgehead atoms. The van der Waals surface area contributed by atoms with Crippen LogP contribution in [0.4, 0.5) is 8.78 Å². The van der Waals surface area contributed by atoms with Gasteiger partial charge in [0.2, 0.25) is 0 Å². The highest BCUT2D eigenvalue weighted by Crippen LogP contribution is 2.46. The van der Waals surface area contributed by atoms with Crippen molar-refractivity contribution in [3.8, 4) is 22.3 Å². The number of aliphatic hydroxyl groups is 1. The fraction of sp³-hybridized carbons (Fsp3) is 0.333. The lowest BCUT2D eigenvalue weighted by Crippen LogP contribution is -2.49. The van der Waals surface area contributed by atoms with Crippen LogP contribution in [0.5, 0.6) is 0 Å². The third-order valence-corrected chi connectivity index (χ3v) is 13.3. The molecule has 0 atom stereocenters. The minimum Gasteiger partial charge on any atom is -0.509 e. The highest BCUT2D eigenvalue weighted by atomic mass is 35.5. The van der Waals surface area contributed by atoms with Gasteiger partial charge in [-0.15, -0.1) is 0 Å². The first-order chi connectivity index (χ1) is 31.1. The lowest BCUT2D eigenvalue weighted by atomic mass is 9.79. The predicted molar refractivity (Wildman–Crippen MR) is 257 cm³/mol. The van der Waals surface area contributed by atoms with E-state index in [2.05, 4.69) is 27.6 Å². The van der Waals surface area contributed by atoms with Crippen molar-refractivity contribution in [2.45, 2.75) is 74.7 Å². The van der Waals surface area contributed by atoms with Gasteiger partial charge in [0.05, 0.1) is 48.7 Å². The molecule has 0 aromatic heterocycles. The Morgan fingerprint density at radius 3 is 1.43 bits per heavy atom. The monoisotopic (exact) mass is 986 g/mol. The zero-order valence-electron chi connectivity index (χ0n) is 35.9. The molecule has 8 rings (SSSR count). The van der Waals surface area contributed by atoms with E-state index < -0.39 is 11.1 Å². The third-order valence-electron chi connectivity index (χ3n) is 12.1. The van der Waals surface area contributed by atoms with Gasteiger partial charge in [0.25, 0.3) is 16.3 Å². The van der Waals surface area contributed by atoms with Crippen molar-refractivity contribution >= 4 is 91.9 Å². The Bertz CT molecular complexity index is 2490. The Kier molecular flexibility index (Phi) is 16.7. The molecule has 0 radical (unpaired) electrons. The van der Waals surface area contributed by atoms with Gasteiger partial charge in [-0.05, 0) is 146 Å². The maximum atomic E-state index is 13.4. The number of benzene rings is 4. The number of amides is 2. The van der Waals surface area contributed by atoms with Gasteiger partial charge in [0.15, 0.2) is 0 Å². The molecular formula is C48H47Cl3F2N2O8S2. The van der Waals surface area contributed by atoms with Gasteiger partial charge < -0.3 is 39.4 Å². The normalized spacial score (nSPS) is 22.4. The number of thiocarbonyl (C=S) groups is 2. The molecule has 2 heterocycles. The van der Waals surface area contributed by atoms with Gasteiger partial charge in [0, 0.05) is 47.6 Å². The minimum absolute atomic E-state index is 0.0465. The van der Waals surface area contributed by atoms with Crippen LogP contribution in [0.25, 0.3) is 33.4 Å². The van der Waals surface area contributed by atoms with Crippen molar-refractivity contribution in [3.63, 3.8) is 0 Å². The van der Waals surface area contributed by atoms with E-state index in [1.807, 2.05) is 18.2 Å². The molecule has 4 aliphatic rings. The molecule has 3 N–H and O–H groups in total. The van der Waals surface area contributed by atoms with Crippen LogP contribution in [0.2, 0.25) is 10.0 Å². The first-order valence-electron chi connectivity index (χ1n) is 20.6. The van der Waals surface area contributed by atoms with E-state index >= 15 is 0 Å². The van der Waals surface area contributed by atoms with Gasteiger partial charge in [-0.3, -0.25) is 9.59 Å². The number of halogens is 5. The Labute approximate surface area is 402 Å². The lowest BCUT2D eigenvalue weighted by Gasteiger charge is -2.37. The van der Waals surface area contributed by atoms with E-state index in [0.717, 1.165) is 47.9 Å². The van der Waals surface area contributed by atoms with Crippen LogP contribution in [-0.4, -0.2) is 78.4 Å². The van der Waals surface area contributed by atoms with Gasteiger partial charge >= 0.3 is 5.24 Å². The number of carbonyl (C=O) groups excluding carboxylic acids is 2. The largest absolute Gasteiger partial charge is 0.509 e. The molecule has 2 fully saturated rings. The number of hydrogen-bond donors (Lipinski definition) is 3. The van der Waals surface area contributed by atoms with Crippen LogP contribution in [0.1, 0.15) is 62.5 Å². The molecule has 344 valence electrons. The molecule has 10 nitrogen and oxygen atoms in total. The summed E-state index contributed by atoms with van der Waals surface area (Å²) in [6, 6.07) is 22.8. The van der Waals surface area contributed by atoms with Crippen molar-refractivity contribution in [3.05, 3.63) is 129 Å². The van der Waals surface area contributed by atoms with Gasteiger partial charge in [-0.25, -0.2) is 8.78 Å². The summed E-state index contributed by atoms with van der Waals surface area (Å²) in [5.74, 6) is -0.785. The average Bonchev–Trinajstić information content (AvgIpc) is 3.70. The number of ether oxygens (including phenoxy) is 5. The number of nitrogens with one attached hydrogen (secondary N) is 2. The zero-order chi connectivity index (χ0) is 47.1. The number of rotatable bonds is 7. The number of carbonyl (C=O) groups is 2. The van der Waals surface area contributed by atoms with Crippen molar-refractivity contribution in [1.82, 2.24) is 10.6 Å². The maximum Gasteiger partial charge on any atom is 0.357 e. The summed E-state index contributed by atoms with van der Waals surface area (Å²) in [4.78, 5) is 26.0. The third kappa shape index (κ3) is 11.3. The van der Waals surface area contributed by atoms with E-state index in [1.54, 1.807) is 56.7 Å². The first-order valence-corrected chi connectivity index (χ1v) is 22.5. The molecule has 2 aliphatic heterocycles. The Morgan fingerprint density at radius 2 is 1.02 bits per heavy atom. The topological polar surface area (TPSA) is 125 Å². The van der Waals surface area contributed by atoms with Gasteiger partial charge in [-0.1, -0.05) is 59.6 Å². The summed E-state index contributed by atoms with van der Waals surface area (Å²) >= 11 is 27.3. The summed E-state index contributed by atoms with van der Waals surface area (Å²) in [6.07, 6.45) is 5.82. The van der Waals surface area contributed by atoms with E-state index in [-0.39, 0.29) is 56.7 Å². The maximum absolute atomic E-state index is 13.4. The Morgan fingerprint density at radius 1 is 0.631 bits per heavy atom. The van der Waals surface area contributed by atoms with Crippen LogP contribution in [0, 0.1) is 11.6 Å². The van der Waals surface area contributed by atoms with Crippen LogP contribution < -0.4 is 10.6 Å². The summed E-state index contributed by atoms with van der Waals surface area (Å²) in [5, 5.41) is 17.8. The fourth-order valence-corrected chi connectivity index (χ4v) is 9.07. The highest BCUT2D eigenvalue weighted by molar-refractivity contribution is 7.82. The SMILES string of the molecule is COC(=S)Cl.COC(=S)OC1=C(c2cc(-c3ccc(F)cc3)ccc2Cl)C(=O)NC12CCC(OC)CC2.COC1CCC2(CC1)NC(=O)C(c1cc(-c3ccc(F)cc3)ccc1Cl)=C2O. The number of aliphatic hydroxyl groups excluding tert-OH is 1. The molecule has 2 saturated carbocycles. The first kappa shape index (κ1) is 49.8. The average molecular weight is 988 g/mol. The molecule has 0 unspecified atom stereocenters. The van der Waals surface area contributed by atoms with Crippen molar-refractivity contribution in [2.24, 2.45) is 0 Å². The standard InChI is InChI=1S/C24H23ClFNO4S.C22H21ClFNO3.C2H3ClOS/c1-29-17-9-11-24(12-10-17)21(31-23(32)30-2)20(22(28)27-24)18-13-15(5-8-19(18)25)14-3-6-16(26)7-4-14;1-28-16-8-10-22(11-9-16)20(26)19(21(27)25-22)17-12-14(4-7-18(17)23)13-2-5-15(24)6-3-13;1-4-2(3)5/h3-8,13,17H,9-12H2,1-2H3,(H,27,28);2-7,12,16,26H,8-11H2,1H3,(H,25,27);1H3. The molecule has 2 aliphatic carbocycles. The van der Waals surface area contributed by atoms with Gasteiger partial charge in [-0.2, -0.15) is 0 Å². The molecule has 2 amide bonds. The summed E-state index contributed by atoms with van der Waals surface area (Å²) in [7, 11) is 6.21. The highest BCUT2D eigenvalue weighted by Gasteiger charge is 2.51. The van der Waals surface area contributed by atoms with E-state index in [1.165, 1.54) is 38.5 Å². The lowest BCUT2D eigenvalue weighted by molar-refractivity contribution is -0.117. The molecule has 4 aromatic rings. The zero-order valence-corrected chi connectivity index (χ0v) is 39.8. The van der Waals surface area contributed by atoms with E-state index in [9.17, 15) is 23.5 Å². The number of methoxy groups -OCH3 is 4. The van der Waals surface area contributed by atoms with E-state index in [4.69, 9.17) is 66.0 Å². The van der Waals surface area contributed by atoms with Crippen molar-refractivity contribution in [2.75, 3.05) is 28.4 Å². The number of hydrogen-bond acceptors (Lipinski definition) is 10. The van der Waals surface area contributed by atoms with Gasteiger partial charge in [0.1, 0.15) is 23.2 Å². The Balaban J connectivity index is 0.000000197.